The van der Waals surface area contributed by atoms with E-state index in [2.05, 4.69) is 15.0 Å². The topological polar surface area (TPSA) is 90.7 Å². The van der Waals surface area contributed by atoms with Gasteiger partial charge in [0.15, 0.2) is 5.82 Å². The van der Waals surface area contributed by atoms with Crippen molar-refractivity contribution < 1.29 is 8.78 Å². The first-order valence-corrected chi connectivity index (χ1v) is 4.70. The van der Waals surface area contributed by atoms with Crippen molar-refractivity contribution >= 4 is 11.9 Å². The lowest BCUT2D eigenvalue weighted by Gasteiger charge is -2.05. The van der Waals surface area contributed by atoms with Gasteiger partial charge in [-0.25, -0.2) is 8.78 Å². The number of benzene rings is 1. The van der Waals surface area contributed by atoms with Crippen molar-refractivity contribution in [1.29, 1.82) is 0 Å². The van der Waals surface area contributed by atoms with E-state index in [0.29, 0.717) is 0 Å². The van der Waals surface area contributed by atoms with Crippen LogP contribution in [0.5, 0.6) is 0 Å². The predicted molar refractivity (Wildman–Crippen MR) is 58.7 cm³/mol. The Balaban J connectivity index is 2.64. The molecule has 0 spiro atoms. The molecule has 4 N–H and O–H groups in total. The third kappa shape index (κ3) is 2.12. The van der Waals surface area contributed by atoms with Gasteiger partial charge >= 0.3 is 0 Å². The van der Waals surface area contributed by atoms with Crippen molar-refractivity contribution in [3.8, 4) is 11.4 Å². The number of aromatic nitrogens is 3. The average Bonchev–Trinajstić information content (AvgIpc) is 2.22. The van der Waals surface area contributed by atoms with Crippen LogP contribution in [0.15, 0.2) is 12.1 Å². The van der Waals surface area contributed by atoms with E-state index in [9.17, 15) is 8.78 Å². The van der Waals surface area contributed by atoms with Crippen LogP contribution in [0.3, 0.4) is 0 Å². The highest BCUT2D eigenvalue weighted by Gasteiger charge is 2.13. The molecule has 0 radical (unpaired) electrons. The van der Waals surface area contributed by atoms with E-state index in [1.807, 2.05) is 0 Å². The molecule has 0 aliphatic heterocycles. The molecule has 2 rings (SSSR count). The highest BCUT2D eigenvalue weighted by molar-refractivity contribution is 5.59. The average molecular weight is 237 g/mol. The summed E-state index contributed by atoms with van der Waals surface area (Å²) in [7, 11) is 0. The van der Waals surface area contributed by atoms with E-state index >= 15 is 0 Å². The molecule has 1 heterocycles. The van der Waals surface area contributed by atoms with Gasteiger partial charge in [0.2, 0.25) is 11.9 Å². The van der Waals surface area contributed by atoms with Gasteiger partial charge in [-0.05, 0) is 18.6 Å². The molecule has 2 aromatic rings. The van der Waals surface area contributed by atoms with E-state index < -0.39 is 11.6 Å². The van der Waals surface area contributed by atoms with Crippen molar-refractivity contribution in [1.82, 2.24) is 15.0 Å². The first-order chi connectivity index (χ1) is 7.97. The second-order valence-corrected chi connectivity index (χ2v) is 3.46. The van der Waals surface area contributed by atoms with Gasteiger partial charge in [-0.2, -0.15) is 15.0 Å². The van der Waals surface area contributed by atoms with Crippen LogP contribution in [0.25, 0.3) is 11.4 Å². The van der Waals surface area contributed by atoms with Crippen LogP contribution in [0.1, 0.15) is 5.56 Å². The number of hydrogen-bond acceptors (Lipinski definition) is 5. The predicted octanol–water partition coefficient (Wildman–Crippen LogP) is 1.29. The number of hydrogen-bond donors (Lipinski definition) is 2. The van der Waals surface area contributed by atoms with Crippen LogP contribution < -0.4 is 11.5 Å². The Hall–Kier alpha value is -2.31. The minimum atomic E-state index is -0.780. The molecular formula is C10H9F2N5. The minimum Gasteiger partial charge on any atom is -0.368 e. The Morgan fingerprint density at radius 2 is 1.53 bits per heavy atom. The summed E-state index contributed by atoms with van der Waals surface area (Å²) in [5.41, 5.74) is 11.1. The molecule has 0 atom stereocenters. The van der Waals surface area contributed by atoms with Crippen molar-refractivity contribution in [2.45, 2.75) is 6.92 Å². The molecule has 0 aliphatic carbocycles. The lowest BCUT2D eigenvalue weighted by Crippen LogP contribution is -2.05. The fourth-order valence-electron chi connectivity index (χ4n) is 1.36. The molecule has 0 unspecified atom stereocenters. The summed E-state index contributed by atoms with van der Waals surface area (Å²) in [5, 5.41) is 0. The van der Waals surface area contributed by atoms with Gasteiger partial charge in [0.05, 0.1) is 5.56 Å². The summed E-state index contributed by atoms with van der Waals surface area (Å²) >= 11 is 0. The number of nitrogens with zero attached hydrogens (tertiary/aromatic N) is 3. The van der Waals surface area contributed by atoms with Crippen LogP contribution in [-0.2, 0) is 0 Å². The first-order valence-electron chi connectivity index (χ1n) is 4.70. The summed E-state index contributed by atoms with van der Waals surface area (Å²) in [6.45, 7) is 1.51. The summed E-state index contributed by atoms with van der Waals surface area (Å²) in [6.07, 6.45) is 0. The lowest BCUT2D eigenvalue weighted by atomic mass is 10.1. The number of nitrogens with two attached hydrogens (primary N) is 2. The maximum Gasteiger partial charge on any atom is 0.225 e. The standard InChI is InChI=1S/C10H9F2N5/c1-4-2-5(7(12)3-6(4)11)8-15-9(13)17-10(14)16-8/h2-3H,1H3,(H4,13,14,15,16,17). The SMILES string of the molecule is Cc1cc(-c2nc(N)nc(N)n2)c(F)cc1F. The zero-order chi connectivity index (χ0) is 12.6. The molecule has 0 aliphatic rings. The van der Waals surface area contributed by atoms with Crippen LogP contribution in [-0.4, -0.2) is 15.0 Å². The first kappa shape index (κ1) is 11.2. The van der Waals surface area contributed by atoms with Gasteiger partial charge in [-0.15, -0.1) is 0 Å². The third-order valence-corrected chi connectivity index (χ3v) is 2.16. The van der Waals surface area contributed by atoms with Gasteiger partial charge in [0.1, 0.15) is 11.6 Å². The molecule has 5 nitrogen and oxygen atoms in total. The van der Waals surface area contributed by atoms with Crippen LogP contribution in [0, 0.1) is 18.6 Å². The van der Waals surface area contributed by atoms with Crippen LogP contribution >= 0.6 is 0 Å². The van der Waals surface area contributed by atoms with E-state index in [0.717, 1.165) is 6.07 Å². The summed E-state index contributed by atoms with van der Waals surface area (Å²) in [6, 6.07) is 2.06. The molecule has 1 aromatic heterocycles. The smallest absolute Gasteiger partial charge is 0.225 e. The largest absolute Gasteiger partial charge is 0.368 e. The van der Waals surface area contributed by atoms with Crippen molar-refractivity contribution in [2.75, 3.05) is 11.5 Å². The fraction of sp³-hybridized carbons (Fsp3) is 0.100. The Labute approximate surface area is 95.5 Å². The minimum absolute atomic E-state index is 0.0180. The maximum absolute atomic E-state index is 13.6. The van der Waals surface area contributed by atoms with Gasteiger partial charge in [0, 0.05) is 6.07 Å². The molecule has 0 bridgehead atoms. The Bertz CT molecular complexity index is 565. The molecule has 88 valence electrons. The lowest BCUT2D eigenvalue weighted by molar-refractivity contribution is 0.579. The highest BCUT2D eigenvalue weighted by Crippen LogP contribution is 2.23. The second kappa shape index (κ2) is 3.93. The number of halogens is 2. The zero-order valence-electron chi connectivity index (χ0n) is 8.91. The zero-order valence-corrected chi connectivity index (χ0v) is 8.91. The molecule has 0 saturated carbocycles. The van der Waals surface area contributed by atoms with Crippen molar-refractivity contribution in [3.63, 3.8) is 0 Å². The van der Waals surface area contributed by atoms with Crippen LogP contribution in [0.2, 0.25) is 0 Å². The molecule has 1 aromatic carbocycles. The number of aryl methyl sites for hydroxylation is 1. The summed E-state index contributed by atoms with van der Waals surface area (Å²) in [4.78, 5) is 11.1. The van der Waals surface area contributed by atoms with E-state index in [4.69, 9.17) is 11.5 Å². The number of rotatable bonds is 1. The number of anilines is 2. The normalized spacial score (nSPS) is 10.5. The van der Waals surface area contributed by atoms with Crippen molar-refractivity contribution in [2.24, 2.45) is 0 Å². The monoisotopic (exact) mass is 237 g/mol. The third-order valence-electron chi connectivity index (χ3n) is 2.16. The number of nitrogen functional groups attached to an aromatic ring is 2. The molecule has 0 fully saturated rings. The van der Waals surface area contributed by atoms with Gasteiger partial charge in [0.25, 0.3) is 0 Å². The molecule has 17 heavy (non-hydrogen) atoms. The van der Waals surface area contributed by atoms with E-state index in [1.54, 1.807) is 0 Å². The molecule has 0 saturated heterocycles. The maximum atomic E-state index is 13.6. The van der Waals surface area contributed by atoms with Gasteiger partial charge in [-0.3, -0.25) is 0 Å². The van der Waals surface area contributed by atoms with Crippen molar-refractivity contribution in [3.05, 3.63) is 29.3 Å². The Morgan fingerprint density at radius 1 is 0.941 bits per heavy atom. The quantitative estimate of drug-likeness (QED) is 0.779. The van der Waals surface area contributed by atoms with E-state index in [1.165, 1.54) is 13.0 Å². The van der Waals surface area contributed by atoms with E-state index in [-0.39, 0.29) is 28.8 Å². The Morgan fingerprint density at radius 3 is 2.12 bits per heavy atom. The highest BCUT2D eigenvalue weighted by atomic mass is 19.1. The van der Waals surface area contributed by atoms with Crippen LogP contribution in [0.4, 0.5) is 20.7 Å². The molecule has 0 amide bonds. The summed E-state index contributed by atoms with van der Waals surface area (Å²) < 4.78 is 26.6. The molecule has 7 heteroatoms. The Kier molecular flexibility index (Phi) is 2.58. The van der Waals surface area contributed by atoms with Gasteiger partial charge < -0.3 is 11.5 Å². The molecular weight excluding hydrogens is 228 g/mol. The fourth-order valence-corrected chi connectivity index (χ4v) is 1.36. The van der Waals surface area contributed by atoms with Gasteiger partial charge in [-0.1, -0.05) is 0 Å². The summed E-state index contributed by atoms with van der Waals surface area (Å²) in [5.74, 6) is -1.67. The second-order valence-electron chi connectivity index (χ2n) is 3.46.